The minimum Gasteiger partial charge on any atom is -0.479 e. The van der Waals surface area contributed by atoms with E-state index in [-0.39, 0.29) is 25.9 Å². The maximum absolute atomic E-state index is 13.2. The van der Waals surface area contributed by atoms with Crippen LogP contribution in [-0.2, 0) is 42.9 Å². The van der Waals surface area contributed by atoms with Crippen LogP contribution in [0.1, 0.15) is 213 Å². The van der Waals surface area contributed by atoms with Crippen molar-refractivity contribution in [1.82, 2.24) is 0 Å². The topological polar surface area (TPSA) is 175 Å². The number of carbonyl (C=O) groups excluding carboxylic acids is 3. The number of unbranched alkanes of at least 4 members (excludes halogenated alkanes) is 10. The van der Waals surface area contributed by atoms with E-state index in [4.69, 9.17) is 23.7 Å². The largest absolute Gasteiger partial charge is 0.479 e. The van der Waals surface area contributed by atoms with E-state index in [0.717, 1.165) is 148 Å². The Hall–Kier alpha value is -5.92. The monoisotopic (exact) mass is 1180 g/mol. The van der Waals surface area contributed by atoms with Gasteiger partial charge in [0.05, 0.1) is 6.61 Å². The lowest BCUT2D eigenvalue weighted by molar-refractivity contribution is -0.301. The summed E-state index contributed by atoms with van der Waals surface area (Å²) in [5, 5.41) is 31.6. The highest BCUT2D eigenvalue weighted by Gasteiger charge is 2.50. The average Bonchev–Trinajstić information content (AvgIpc) is 3.51. The second kappa shape index (κ2) is 58.5. The van der Waals surface area contributed by atoms with Gasteiger partial charge >= 0.3 is 23.9 Å². The number of carbonyl (C=O) groups is 4. The van der Waals surface area contributed by atoms with E-state index < -0.39 is 67.3 Å². The van der Waals surface area contributed by atoms with Crippen LogP contribution < -0.4 is 0 Å². The first-order valence-corrected chi connectivity index (χ1v) is 32.1. The fourth-order valence-electron chi connectivity index (χ4n) is 8.49. The van der Waals surface area contributed by atoms with Crippen molar-refractivity contribution < 1.29 is 58.2 Å². The molecule has 0 aromatic rings. The Kier molecular flexibility index (Phi) is 53.0. The molecule has 1 aliphatic heterocycles. The lowest BCUT2D eigenvalue weighted by Crippen LogP contribution is -2.61. The molecule has 1 rings (SSSR count). The zero-order valence-electron chi connectivity index (χ0n) is 52.3. The molecule has 1 fully saturated rings. The van der Waals surface area contributed by atoms with Gasteiger partial charge in [-0.25, -0.2) is 4.79 Å². The highest BCUT2D eigenvalue weighted by molar-refractivity contribution is 5.74. The summed E-state index contributed by atoms with van der Waals surface area (Å²) in [6.45, 7) is 5.56. The van der Waals surface area contributed by atoms with Crippen molar-refractivity contribution in [1.29, 1.82) is 0 Å². The molecule has 1 saturated heterocycles. The lowest BCUT2D eigenvalue weighted by atomic mass is 9.98. The molecule has 474 valence electrons. The van der Waals surface area contributed by atoms with Gasteiger partial charge in [0.15, 0.2) is 24.6 Å². The predicted octanol–water partition coefficient (Wildman–Crippen LogP) is 17.5. The number of hydrogen-bond donors (Lipinski definition) is 3. The van der Waals surface area contributed by atoms with Gasteiger partial charge in [0.25, 0.3) is 0 Å². The summed E-state index contributed by atoms with van der Waals surface area (Å²) in [7, 11) is 0. The molecule has 3 N–H and O–H groups in total. The third kappa shape index (κ3) is 48.0. The molecule has 0 bridgehead atoms. The van der Waals surface area contributed by atoms with Crippen LogP contribution in [0.2, 0.25) is 0 Å². The SMILES string of the molecule is CC/C=C\C/C=C\C/C=C\C/C=C\C/C=C\C/C=C\CCC(=O)OCC(COC1OC(C(=O)O)C(O)C(O)C1OC(=O)CCCCCCCC/C=C\C/C=C\C/C=C\C/C=C\CC)OC(=O)CCCCCC/C=C\C/C=C\C/C=C\C/C=C\CC. The number of carboxylic acids is 1. The molecule has 6 atom stereocenters. The molecule has 0 aromatic heterocycles. The lowest BCUT2D eigenvalue weighted by Gasteiger charge is -2.40. The quantitative estimate of drug-likeness (QED) is 0.0228. The molecular formula is C73H110O12. The smallest absolute Gasteiger partial charge is 0.335 e. The fourth-order valence-corrected chi connectivity index (χ4v) is 8.49. The standard InChI is InChI=1S/C73H110O12/c1-4-7-10-13-16-19-22-25-28-31-33-36-38-41-44-47-50-53-56-59-65(74)81-62-64(83-66(75)60-57-54-51-48-45-42-39-35-30-27-24-21-18-15-12-9-6-3)63-82-73-71(69(78)68(77)70(85-73)72(79)80)84-67(76)61-58-55-52-49-46-43-40-37-34-32-29-26-23-20-17-14-11-8-5-2/h7-12,16-21,25-30,33-34,36-37,39,41-42,44,50,53,64,68-71,73,77-78H,4-6,13-15,22-24,31-32,35,38,40,43,45-49,51-52,54-63H2,1-3H3,(H,79,80)/b10-7-,11-8-,12-9-,19-16-,20-17-,21-18-,28-25-,29-26-,30-27-,36-33-,37-34-,42-39-,44-41-,53-50-. The third-order valence-electron chi connectivity index (χ3n) is 13.3. The molecule has 12 heteroatoms. The maximum atomic E-state index is 13.2. The number of ether oxygens (including phenoxy) is 5. The van der Waals surface area contributed by atoms with Gasteiger partial charge in [-0.3, -0.25) is 14.4 Å². The molecule has 0 aromatic carbocycles. The van der Waals surface area contributed by atoms with Gasteiger partial charge in [0, 0.05) is 19.3 Å². The molecule has 6 unspecified atom stereocenters. The van der Waals surface area contributed by atoms with Gasteiger partial charge in [0.2, 0.25) is 0 Å². The molecule has 0 radical (unpaired) electrons. The Morgan fingerprint density at radius 2 is 0.729 bits per heavy atom. The molecule has 0 aliphatic carbocycles. The first kappa shape index (κ1) is 77.1. The van der Waals surface area contributed by atoms with E-state index in [1.165, 1.54) is 0 Å². The van der Waals surface area contributed by atoms with Crippen LogP contribution >= 0.6 is 0 Å². The van der Waals surface area contributed by atoms with Crippen LogP contribution in [0.25, 0.3) is 0 Å². The number of aliphatic hydroxyl groups excluding tert-OH is 2. The van der Waals surface area contributed by atoms with Crippen molar-refractivity contribution in [3.63, 3.8) is 0 Å². The molecule has 1 aliphatic rings. The Morgan fingerprint density at radius 1 is 0.388 bits per heavy atom. The molecule has 0 amide bonds. The van der Waals surface area contributed by atoms with Crippen molar-refractivity contribution in [2.45, 2.75) is 250 Å². The van der Waals surface area contributed by atoms with E-state index in [0.29, 0.717) is 25.7 Å². The summed E-state index contributed by atoms with van der Waals surface area (Å²) < 4.78 is 28.4. The maximum Gasteiger partial charge on any atom is 0.335 e. The Balaban J connectivity index is 2.75. The first-order valence-electron chi connectivity index (χ1n) is 32.1. The zero-order chi connectivity index (χ0) is 61.7. The van der Waals surface area contributed by atoms with Gasteiger partial charge in [-0.2, -0.15) is 0 Å². The van der Waals surface area contributed by atoms with Gasteiger partial charge in [-0.05, 0) is 135 Å². The Morgan fingerprint density at radius 3 is 1.12 bits per heavy atom. The van der Waals surface area contributed by atoms with Crippen molar-refractivity contribution in [2.24, 2.45) is 0 Å². The highest BCUT2D eigenvalue weighted by atomic mass is 16.7. The van der Waals surface area contributed by atoms with Crippen molar-refractivity contribution in [2.75, 3.05) is 13.2 Å². The van der Waals surface area contributed by atoms with Crippen LogP contribution in [0.4, 0.5) is 0 Å². The summed E-state index contributed by atoms with van der Waals surface area (Å²) in [6.07, 6.45) is 74.6. The summed E-state index contributed by atoms with van der Waals surface area (Å²) in [4.78, 5) is 51.3. The summed E-state index contributed by atoms with van der Waals surface area (Å²) in [5.41, 5.74) is 0. The van der Waals surface area contributed by atoms with E-state index in [2.05, 4.69) is 179 Å². The molecule has 0 saturated carbocycles. The molecule has 0 spiro atoms. The van der Waals surface area contributed by atoms with Gasteiger partial charge in [-0.15, -0.1) is 0 Å². The van der Waals surface area contributed by atoms with E-state index in [1.807, 2.05) is 12.2 Å². The van der Waals surface area contributed by atoms with E-state index in [1.54, 1.807) is 0 Å². The van der Waals surface area contributed by atoms with Crippen molar-refractivity contribution in [3.8, 4) is 0 Å². The van der Waals surface area contributed by atoms with Crippen LogP contribution in [0.3, 0.4) is 0 Å². The summed E-state index contributed by atoms with van der Waals surface area (Å²) in [5.74, 6) is -3.31. The van der Waals surface area contributed by atoms with Crippen molar-refractivity contribution in [3.05, 3.63) is 170 Å². The molecule has 12 nitrogen and oxygen atoms in total. The highest BCUT2D eigenvalue weighted by Crippen LogP contribution is 2.26. The Bertz CT molecular complexity index is 2130. The molecule has 1 heterocycles. The second-order valence-electron chi connectivity index (χ2n) is 20.9. The number of aliphatic hydroxyl groups is 2. The molecular weight excluding hydrogens is 1070 g/mol. The van der Waals surface area contributed by atoms with E-state index in [9.17, 15) is 34.5 Å². The average molecular weight is 1180 g/mol. The number of allylic oxidation sites excluding steroid dienone is 28. The normalized spacial score (nSPS) is 18.6. The van der Waals surface area contributed by atoms with Crippen LogP contribution in [0.5, 0.6) is 0 Å². The zero-order valence-corrected chi connectivity index (χ0v) is 52.3. The van der Waals surface area contributed by atoms with Crippen LogP contribution in [0.15, 0.2) is 170 Å². The fraction of sp³-hybridized carbons (Fsp3) is 0.562. The number of aliphatic carboxylic acids is 1. The minimum absolute atomic E-state index is 0.0234. The van der Waals surface area contributed by atoms with Crippen molar-refractivity contribution >= 4 is 23.9 Å². The van der Waals surface area contributed by atoms with Crippen LogP contribution in [0, 0.1) is 0 Å². The van der Waals surface area contributed by atoms with Crippen LogP contribution in [-0.4, -0.2) is 89.2 Å². The van der Waals surface area contributed by atoms with Gasteiger partial charge < -0.3 is 39.0 Å². The van der Waals surface area contributed by atoms with E-state index >= 15 is 0 Å². The van der Waals surface area contributed by atoms with Gasteiger partial charge in [0.1, 0.15) is 18.8 Å². The summed E-state index contributed by atoms with van der Waals surface area (Å²) >= 11 is 0. The third-order valence-corrected chi connectivity index (χ3v) is 13.3. The first-order chi connectivity index (χ1) is 41.6. The Labute approximate surface area is 513 Å². The minimum atomic E-state index is -1.93. The number of carboxylic acid groups (broad SMARTS) is 1. The number of hydrogen-bond acceptors (Lipinski definition) is 11. The summed E-state index contributed by atoms with van der Waals surface area (Å²) in [6, 6.07) is 0. The predicted molar refractivity (Wildman–Crippen MR) is 348 cm³/mol. The number of rotatable bonds is 52. The number of esters is 3. The molecule has 85 heavy (non-hydrogen) atoms. The second-order valence-corrected chi connectivity index (χ2v) is 20.9. The van der Waals surface area contributed by atoms with Gasteiger partial charge in [-0.1, -0.05) is 229 Å².